The van der Waals surface area contributed by atoms with Crippen molar-refractivity contribution in [1.29, 1.82) is 0 Å². The number of hydrazine groups is 1. The zero-order chi connectivity index (χ0) is 11.4. The van der Waals surface area contributed by atoms with E-state index in [4.69, 9.17) is 17.4 Å². The van der Waals surface area contributed by atoms with Crippen LogP contribution >= 0.6 is 11.6 Å². The summed E-state index contributed by atoms with van der Waals surface area (Å²) >= 11 is 5.76. The molecule has 0 aliphatic carbocycles. The van der Waals surface area contributed by atoms with E-state index < -0.39 is 0 Å². The molecule has 16 heavy (non-hydrogen) atoms. The summed E-state index contributed by atoms with van der Waals surface area (Å²) < 4.78 is 0. The fraction of sp³-hybridized carbons (Fsp3) is 0.100. The Morgan fingerprint density at radius 1 is 1.12 bits per heavy atom. The monoisotopic (exact) mass is 235 g/mol. The molecule has 0 aliphatic heterocycles. The maximum absolute atomic E-state index is 5.76. The molecule has 0 saturated heterocycles. The Morgan fingerprint density at radius 3 is 2.56 bits per heavy atom. The number of hydrogen-bond donors (Lipinski definition) is 2. The van der Waals surface area contributed by atoms with Gasteiger partial charge in [0, 0.05) is 18.6 Å². The van der Waals surface area contributed by atoms with Gasteiger partial charge in [-0.1, -0.05) is 11.6 Å². The van der Waals surface area contributed by atoms with Crippen molar-refractivity contribution in [2.45, 2.75) is 6.04 Å². The van der Waals surface area contributed by atoms with Gasteiger partial charge in [0.2, 0.25) is 0 Å². The first kappa shape index (κ1) is 10.9. The number of pyridine rings is 1. The minimum atomic E-state index is -0.286. The van der Waals surface area contributed by atoms with E-state index in [0.717, 1.165) is 5.69 Å². The Bertz CT molecular complexity index is 445. The Morgan fingerprint density at radius 2 is 2.00 bits per heavy atom. The first-order valence-electron chi connectivity index (χ1n) is 4.65. The molecular weight excluding hydrogens is 226 g/mol. The number of aromatic nitrogens is 3. The third-order valence-corrected chi connectivity index (χ3v) is 2.32. The molecule has 82 valence electrons. The smallest absolute Gasteiger partial charge is 0.107 e. The molecule has 3 N–H and O–H groups in total. The van der Waals surface area contributed by atoms with Gasteiger partial charge >= 0.3 is 0 Å². The van der Waals surface area contributed by atoms with Crippen LogP contribution in [0.25, 0.3) is 0 Å². The second-order valence-electron chi connectivity index (χ2n) is 3.13. The predicted octanol–water partition coefficient (Wildman–Crippen LogP) is 1.08. The van der Waals surface area contributed by atoms with Crippen molar-refractivity contribution < 1.29 is 0 Å². The molecule has 5 nitrogen and oxygen atoms in total. The molecule has 0 spiro atoms. The van der Waals surface area contributed by atoms with Crippen LogP contribution < -0.4 is 11.3 Å². The summed E-state index contributed by atoms with van der Waals surface area (Å²) in [5.41, 5.74) is 4.10. The molecule has 1 atom stereocenters. The van der Waals surface area contributed by atoms with E-state index in [0.29, 0.717) is 10.7 Å². The highest BCUT2D eigenvalue weighted by molar-refractivity contribution is 6.30. The van der Waals surface area contributed by atoms with E-state index in [1.807, 2.05) is 0 Å². The molecule has 2 aromatic heterocycles. The molecule has 2 rings (SSSR count). The summed E-state index contributed by atoms with van der Waals surface area (Å²) in [7, 11) is 0. The van der Waals surface area contributed by atoms with Gasteiger partial charge in [-0.05, 0) is 12.1 Å². The quantitative estimate of drug-likeness (QED) is 0.615. The third kappa shape index (κ3) is 2.33. The van der Waals surface area contributed by atoms with E-state index in [-0.39, 0.29) is 6.04 Å². The van der Waals surface area contributed by atoms with Crippen LogP contribution in [0.2, 0.25) is 5.02 Å². The zero-order valence-corrected chi connectivity index (χ0v) is 9.09. The predicted molar refractivity (Wildman–Crippen MR) is 60.4 cm³/mol. The van der Waals surface area contributed by atoms with Gasteiger partial charge in [0.15, 0.2) is 0 Å². The summed E-state index contributed by atoms with van der Waals surface area (Å²) in [6.45, 7) is 0. The van der Waals surface area contributed by atoms with E-state index in [9.17, 15) is 0 Å². The van der Waals surface area contributed by atoms with Crippen LogP contribution in [0.15, 0.2) is 36.9 Å². The number of nitrogens with two attached hydrogens (primary N) is 1. The minimum absolute atomic E-state index is 0.286. The Hall–Kier alpha value is -1.56. The van der Waals surface area contributed by atoms with Crippen molar-refractivity contribution in [1.82, 2.24) is 20.4 Å². The highest BCUT2D eigenvalue weighted by Gasteiger charge is 2.14. The Kier molecular flexibility index (Phi) is 3.40. The maximum Gasteiger partial charge on any atom is 0.107 e. The number of hydrogen-bond acceptors (Lipinski definition) is 5. The molecule has 0 aromatic carbocycles. The summed E-state index contributed by atoms with van der Waals surface area (Å²) in [6, 6.07) is 3.26. The lowest BCUT2D eigenvalue weighted by molar-refractivity contribution is 0.602. The van der Waals surface area contributed by atoms with Crippen molar-refractivity contribution >= 4 is 11.6 Å². The molecular formula is C10H10ClN5. The SMILES string of the molecule is NNC(c1ccc(Cl)cn1)c1cnccn1. The van der Waals surface area contributed by atoms with E-state index in [2.05, 4.69) is 20.4 Å². The average Bonchev–Trinajstić information content (AvgIpc) is 2.34. The fourth-order valence-electron chi connectivity index (χ4n) is 1.34. The third-order valence-electron chi connectivity index (χ3n) is 2.09. The normalized spacial score (nSPS) is 12.4. The van der Waals surface area contributed by atoms with E-state index in [1.54, 1.807) is 36.9 Å². The Balaban J connectivity index is 2.33. The summed E-state index contributed by atoms with van der Waals surface area (Å²) in [4.78, 5) is 12.3. The molecule has 2 heterocycles. The molecule has 0 aliphatic rings. The van der Waals surface area contributed by atoms with Crippen molar-refractivity contribution in [2.75, 3.05) is 0 Å². The lowest BCUT2D eigenvalue weighted by Gasteiger charge is -2.13. The number of nitrogens with one attached hydrogen (secondary N) is 1. The highest BCUT2D eigenvalue weighted by Crippen LogP contribution is 2.17. The molecule has 1 unspecified atom stereocenters. The lowest BCUT2D eigenvalue weighted by atomic mass is 10.1. The number of halogens is 1. The van der Waals surface area contributed by atoms with Crippen LogP contribution in [-0.4, -0.2) is 15.0 Å². The van der Waals surface area contributed by atoms with Gasteiger partial charge in [0.25, 0.3) is 0 Å². The first-order valence-corrected chi connectivity index (χ1v) is 5.02. The average molecular weight is 236 g/mol. The van der Waals surface area contributed by atoms with Crippen LogP contribution in [-0.2, 0) is 0 Å². The molecule has 0 bridgehead atoms. The van der Waals surface area contributed by atoms with Crippen LogP contribution in [0.4, 0.5) is 0 Å². The zero-order valence-electron chi connectivity index (χ0n) is 8.34. The lowest BCUT2D eigenvalue weighted by Crippen LogP contribution is -2.30. The van der Waals surface area contributed by atoms with Gasteiger partial charge < -0.3 is 0 Å². The molecule has 0 fully saturated rings. The van der Waals surface area contributed by atoms with Gasteiger partial charge in [-0.25, -0.2) is 5.43 Å². The molecule has 6 heteroatoms. The van der Waals surface area contributed by atoms with Gasteiger partial charge in [-0.3, -0.25) is 20.8 Å². The Labute approximate surface area is 97.7 Å². The summed E-state index contributed by atoms with van der Waals surface area (Å²) in [6.07, 6.45) is 6.42. The van der Waals surface area contributed by atoms with Crippen molar-refractivity contribution in [3.8, 4) is 0 Å². The van der Waals surface area contributed by atoms with Gasteiger partial charge in [0.05, 0.1) is 22.6 Å². The summed E-state index contributed by atoms with van der Waals surface area (Å²) in [5.74, 6) is 5.48. The first-order chi connectivity index (χ1) is 7.81. The molecule has 0 saturated carbocycles. The van der Waals surface area contributed by atoms with E-state index in [1.165, 1.54) is 0 Å². The van der Waals surface area contributed by atoms with Crippen LogP contribution in [0.5, 0.6) is 0 Å². The van der Waals surface area contributed by atoms with Gasteiger partial charge in [0.1, 0.15) is 6.04 Å². The molecule has 2 aromatic rings. The highest BCUT2D eigenvalue weighted by atomic mass is 35.5. The second-order valence-corrected chi connectivity index (χ2v) is 3.57. The largest absolute Gasteiger partial charge is 0.270 e. The van der Waals surface area contributed by atoms with Crippen LogP contribution in [0, 0.1) is 0 Å². The van der Waals surface area contributed by atoms with E-state index >= 15 is 0 Å². The topological polar surface area (TPSA) is 76.7 Å². The van der Waals surface area contributed by atoms with Crippen molar-refractivity contribution in [3.63, 3.8) is 0 Å². The fourth-order valence-corrected chi connectivity index (χ4v) is 1.45. The van der Waals surface area contributed by atoms with Gasteiger partial charge in [-0.2, -0.15) is 0 Å². The summed E-state index contributed by atoms with van der Waals surface area (Å²) in [5, 5.41) is 0.582. The van der Waals surface area contributed by atoms with Crippen molar-refractivity contribution in [2.24, 2.45) is 5.84 Å². The number of nitrogens with zero attached hydrogens (tertiary/aromatic N) is 3. The van der Waals surface area contributed by atoms with Crippen LogP contribution in [0.3, 0.4) is 0 Å². The minimum Gasteiger partial charge on any atom is -0.270 e. The second kappa shape index (κ2) is 4.98. The standard InChI is InChI=1S/C10H10ClN5/c11-7-1-2-8(15-5-7)10(16-12)9-6-13-3-4-14-9/h1-6,10,16H,12H2. The number of rotatable bonds is 3. The molecule has 0 amide bonds. The van der Waals surface area contributed by atoms with Crippen molar-refractivity contribution in [3.05, 3.63) is 53.3 Å². The molecule has 0 radical (unpaired) electrons. The van der Waals surface area contributed by atoms with Gasteiger partial charge in [-0.15, -0.1) is 0 Å². The van der Waals surface area contributed by atoms with Crippen LogP contribution in [0.1, 0.15) is 17.4 Å². The maximum atomic E-state index is 5.76.